The molecule has 0 saturated carbocycles. The lowest BCUT2D eigenvalue weighted by molar-refractivity contribution is 0.451. The van der Waals surface area contributed by atoms with Gasteiger partial charge in [0.25, 0.3) is 0 Å². The summed E-state index contributed by atoms with van der Waals surface area (Å²) < 4.78 is 0. The third kappa shape index (κ3) is 3.05. The fourth-order valence-electron chi connectivity index (χ4n) is 1.81. The summed E-state index contributed by atoms with van der Waals surface area (Å²) >= 11 is 0. The Labute approximate surface area is 107 Å². The number of phenolic OH excluding ortho intramolecular Hbond substituents is 1. The van der Waals surface area contributed by atoms with Gasteiger partial charge in [-0.05, 0) is 26.0 Å². The molecule has 1 heterocycles. The van der Waals surface area contributed by atoms with E-state index in [4.69, 9.17) is 0 Å². The van der Waals surface area contributed by atoms with Crippen molar-refractivity contribution >= 4 is 0 Å². The quantitative estimate of drug-likeness (QED) is 0.865. The molecule has 94 valence electrons. The fourth-order valence-corrected chi connectivity index (χ4v) is 1.81. The normalized spacial score (nSPS) is 12.3. The SMILES string of the molecule is Cc1ccc(O)c(C(C)NCc2ccncn2)c1. The molecule has 1 atom stereocenters. The molecule has 0 spiro atoms. The predicted molar refractivity (Wildman–Crippen MR) is 70.1 cm³/mol. The Balaban J connectivity index is 2.03. The van der Waals surface area contributed by atoms with Crippen molar-refractivity contribution in [1.82, 2.24) is 15.3 Å². The van der Waals surface area contributed by atoms with Crippen molar-refractivity contribution in [3.63, 3.8) is 0 Å². The number of rotatable bonds is 4. The van der Waals surface area contributed by atoms with Crippen molar-refractivity contribution in [3.05, 3.63) is 53.6 Å². The second-order valence-electron chi connectivity index (χ2n) is 4.37. The number of phenols is 1. The van der Waals surface area contributed by atoms with Gasteiger partial charge < -0.3 is 10.4 Å². The maximum Gasteiger partial charge on any atom is 0.120 e. The third-order valence-corrected chi connectivity index (χ3v) is 2.88. The van der Waals surface area contributed by atoms with Crippen molar-refractivity contribution in [2.45, 2.75) is 26.4 Å². The van der Waals surface area contributed by atoms with Gasteiger partial charge >= 0.3 is 0 Å². The molecule has 0 aliphatic rings. The summed E-state index contributed by atoms with van der Waals surface area (Å²) in [6, 6.07) is 7.56. The van der Waals surface area contributed by atoms with Gasteiger partial charge in [0.1, 0.15) is 12.1 Å². The molecule has 0 radical (unpaired) electrons. The Kier molecular flexibility index (Phi) is 3.89. The van der Waals surface area contributed by atoms with E-state index in [-0.39, 0.29) is 6.04 Å². The van der Waals surface area contributed by atoms with Crippen LogP contribution in [-0.2, 0) is 6.54 Å². The number of benzene rings is 1. The van der Waals surface area contributed by atoms with Crippen molar-refractivity contribution in [2.75, 3.05) is 0 Å². The molecule has 4 nitrogen and oxygen atoms in total. The van der Waals surface area contributed by atoms with Gasteiger partial charge in [0.2, 0.25) is 0 Å². The maximum absolute atomic E-state index is 9.84. The summed E-state index contributed by atoms with van der Waals surface area (Å²) in [5, 5.41) is 13.2. The zero-order chi connectivity index (χ0) is 13.0. The highest BCUT2D eigenvalue weighted by molar-refractivity contribution is 5.37. The molecule has 0 bridgehead atoms. The van der Waals surface area contributed by atoms with Crippen molar-refractivity contribution < 1.29 is 5.11 Å². The number of hydrogen-bond acceptors (Lipinski definition) is 4. The van der Waals surface area contributed by atoms with Gasteiger partial charge in [-0.3, -0.25) is 0 Å². The van der Waals surface area contributed by atoms with Gasteiger partial charge in [0.15, 0.2) is 0 Å². The summed E-state index contributed by atoms with van der Waals surface area (Å²) in [6.07, 6.45) is 3.25. The van der Waals surface area contributed by atoms with Crippen molar-refractivity contribution in [2.24, 2.45) is 0 Å². The first-order chi connectivity index (χ1) is 8.66. The molecule has 4 heteroatoms. The Bertz CT molecular complexity index is 514. The largest absolute Gasteiger partial charge is 0.508 e. The summed E-state index contributed by atoms with van der Waals surface area (Å²) in [7, 11) is 0. The Hall–Kier alpha value is -1.94. The lowest BCUT2D eigenvalue weighted by atomic mass is 10.0. The van der Waals surface area contributed by atoms with Crippen LogP contribution in [0.3, 0.4) is 0 Å². The average Bonchev–Trinajstić information content (AvgIpc) is 2.40. The fraction of sp³-hybridized carbons (Fsp3) is 0.286. The van der Waals surface area contributed by atoms with E-state index in [1.54, 1.807) is 12.3 Å². The van der Waals surface area contributed by atoms with Crippen molar-refractivity contribution in [1.29, 1.82) is 0 Å². The number of nitrogens with zero attached hydrogens (tertiary/aromatic N) is 2. The van der Waals surface area contributed by atoms with Gasteiger partial charge in [-0.25, -0.2) is 9.97 Å². The second kappa shape index (κ2) is 5.60. The predicted octanol–water partition coefficient (Wildman–Crippen LogP) is 2.34. The molecule has 1 aromatic carbocycles. The Morgan fingerprint density at radius 2 is 2.17 bits per heavy atom. The van der Waals surface area contributed by atoms with E-state index < -0.39 is 0 Å². The van der Waals surface area contributed by atoms with Crippen LogP contribution in [0.25, 0.3) is 0 Å². The molecule has 2 rings (SSSR count). The van der Waals surface area contributed by atoms with E-state index >= 15 is 0 Å². The van der Waals surface area contributed by atoms with Crippen LogP contribution >= 0.6 is 0 Å². The summed E-state index contributed by atoms with van der Waals surface area (Å²) in [4.78, 5) is 8.03. The smallest absolute Gasteiger partial charge is 0.120 e. The molecule has 0 amide bonds. The van der Waals surface area contributed by atoms with Crippen LogP contribution in [0.2, 0.25) is 0 Å². The van der Waals surface area contributed by atoms with E-state index in [9.17, 15) is 5.11 Å². The van der Waals surface area contributed by atoms with Gasteiger partial charge in [-0.1, -0.05) is 17.7 Å². The first kappa shape index (κ1) is 12.5. The summed E-state index contributed by atoms with van der Waals surface area (Å²) in [6.45, 7) is 4.69. The highest BCUT2D eigenvalue weighted by atomic mass is 16.3. The van der Waals surface area contributed by atoms with Gasteiger partial charge in [-0.15, -0.1) is 0 Å². The number of nitrogens with one attached hydrogen (secondary N) is 1. The number of hydrogen-bond donors (Lipinski definition) is 2. The standard InChI is InChI=1S/C14H17N3O/c1-10-3-4-14(18)13(7-10)11(2)16-8-12-5-6-15-9-17-12/h3-7,9,11,16,18H,8H2,1-2H3. The van der Waals surface area contributed by atoms with Crippen molar-refractivity contribution in [3.8, 4) is 5.75 Å². The van der Waals surface area contributed by atoms with E-state index in [1.807, 2.05) is 32.0 Å². The van der Waals surface area contributed by atoms with Gasteiger partial charge in [0, 0.05) is 24.3 Å². The monoisotopic (exact) mass is 243 g/mol. The highest BCUT2D eigenvalue weighted by Gasteiger charge is 2.10. The first-order valence-electron chi connectivity index (χ1n) is 5.94. The van der Waals surface area contributed by atoms with Crippen LogP contribution in [0.1, 0.15) is 29.8 Å². The third-order valence-electron chi connectivity index (χ3n) is 2.88. The molecule has 0 fully saturated rings. The zero-order valence-electron chi connectivity index (χ0n) is 10.6. The molecular weight excluding hydrogens is 226 g/mol. The van der Waals surface area contributed by atoms with E-state index in [1.165, 1.54) is 6.33 Å². The van der Waals surface area contributed by atoms with Crippen LogP contribution in [0.15, 0.2) is 36.8 Å². The van der Waals surface area contributed by atoms with Crippen LogP contribution in [0, 0.1) is 6.92 Å². The van der Waals surface area contributed by atoms with Gasteiger partial charge in [0.05, 0.1) is 5.69 Å². The van der Waals surface area contributed by atoms with E-state index in [2.05, 4.69) is 15.3 Å². The number of aromatic nitrogens is 2. The maximum atomic E-state index is 9.84. The second-order valence-corrected chi connectivity index (χ2v) is 4.37. The highest BCUT2D eigenvalue weighted by Crippen LogP contribution is 2.24. The molecule has 1 aromatic heterocycles. The minimum absolute atomic E-state index is 0.0693. The lowest BCUT2D eigenvalue weighted by Crippen LogP contribution is -2.19. The molecule has 0 aliphatic carbocycles. The van der Waals surface area contributed by atoms with Gasteiger partial charge in [-0.2, -0.15) is 0 Å². The molecule has 0 saturated heterocycles. The number of aryl methyl sites for hydroxylation is 1. The van der Waals surface area contributed by atoms with E-state index in [0.717, 1.165) is 16.8 Å². The first-order valence-corrected chi connectivity index (χ1v) is 5.94. The average molecular weight is 243 g/mol. The Morgan fingerprint density at radius 1 is 1.33 bits per heavy atom. The lowest BCUT2D eigenvalue weighted by Gasteiger charge is -2.16. The molecule has 0 aliphatic heterocycles. The molecular formula is C14H17N3O. The Morgan fingerprint density at radius 3 is 2.89 bits per heavy atom. The molecule has 18 heavy (non-hydrogen) atoms. The van der Waals surface area contributed by atoms with Crippen LogP contribution < -0.4 is 5.32 Å². The molecule has 2 N–H and O–H groups in total. The minimum atomic E-state index is 0.0693. The topological polar surface area (TPSA) is 58.0 Å². The molecule has 2 aromatic rings. The van der Waals surface area contributed by atoms with E-state index in [0.29, 0.717) is 12.3 Å². The number of aromatic hydroxyl groups is 1. The van der Waals surface area contributed by atoms with Crippen LogP contribution in [0.4, 0.5) is 0 Å². The summed E-state index contributed by atoms with van der Waals surface area (Å²) in [5.74, 6) is 0.322. The summed E-state index contributed by atoms with van der Waals surface area (Å²) in [5.41, 5.74) is 2.98. The van der Waals surface area contributed by atoms with Crippen LogP contribution in [-0.4, -0.2) is 15.1 Å². The minimum Gasteiger partial charge on any atom is -0.508 e. The molecule has 1 unspecified atom stereocenters. The zero-order valence-corrected chi connectivity index (χ0v) is 10.6. The van der Waals surface area contributed by atoms with Crippen LogP contribution in [0.5, 0.6) is 5.75 Å².